The van der Waals surface area contributed by atoms with Crippen LogP contribution in [0.1, 0.15) is 39.5 Å². The molecule has 0 saturated carbocycles. The number of benzene rings is 1. The van der Waals surface area contributed by atoms with Crippen LogP contribution < -0.4 is 4.74 Å². The van der Waals surface area contributed by atoms with E-state index in [9.17, 15) is 4.79 Å². The summed E-state index contributed by atoms with van der Waals surface area (Å²) in [7, 11) is 1.63. The minimum Gasteiger partial charge on any atom is -0.410 e. The van der Waals surface area contributed by atoms with Gasteiger partial charge < -0.3 is 9.47 Å². The molecule has 4 heteroatoms. The van der Waals surface area contributed by atoms with E-state index in [0.717, 1.165) is 25.7 Å². The molecule has 20 heavy (non-hydrogen) atoms. The number of hydrogen-bond acceptors (Lipinski definition) is 3. The second-order valence-corrected chi connectivity index (χ2v) is 4.71. The third-order valence-electron chi connectivity index (χ3n) is 3.09. The highest BCUT2D eigenvalue weighted by Gasteiger charge is 2.24. The fourth-order valence-corrected chi connectivity index (χ4v) is 1.98. The fraction of sp³-hybridized carbons (Fsp3) is 0.562. The number of carbonyl (C=O) groups is 1. The Morgan fingerprint density at radius 1 is 1.20 bits per heavy atom. The summed E-state index contributed by atoms with van der Waals surface area (Å²) in [6, 6.07) is 9.13. The van der Waals surface area contributed by atoms with Crippen molar-refractivity contribution in [3.63, 3.8) is 0 Å². The first-order valence-electron chi connectivity index (χ1n) is 7.29. The summed E-state index contributed by atoms with van der Waals surface area (Å²) in [5, 5.41) is 0. The molecule has 1 atom stereocenters. The molecule has 1 aromatic carbocycles. The van der Waals surface area contributed by atoms with Crippen LogP contribution in [0, 0.1) is 0 Å². The zero-order chi connectivity index (χ0) is 14.8. The number of hydrogen-bond donors (Lipinski definition) is 0. The van der Waals surface area contributed by atoms with Gasteiger partial charge in [0, 0.05) is 13.7 Å². The maximum absolute atomic E-state index is 12.3. The summed E-state index contributed by atoms with van der Waals surface area (Å²) < 4.78 is 10.8. The lowest BCUT2D eigenvalue weighted by Gasteiger charge is -2.29. The lowest BCUT2D eigenvalue weighted by atomic mass is 10.2. The van der Waals surface area contributed by atoms with Crippen LogP contribution in [0.3, 0.4) is 0 Å². The highest BCUT2D eigenvalue weighted by Crippen LogP contribution is 2.15. The van der Waals surface area contributed by atoms with Crippen LogP contribution in [0.4, 0.5) is 4.79 Å². The van der Waals surface area contributed by atoms with E-state index < -0.39 is 0 Å². The Kier molecular flexibility index (Phi) is 7.73. The fourth-order valence-electron chi connectivity index (χ4n) is 1.98. The van der Waals surface area contributed by atoms with Gasteiger partial charge in [-0.15, -0.1) is 0 Å². The van der Waals surface area contributed by atoms with E-state index in [1.165, 1.54) is 0 Å². The Hall–Kier alpha value is -1.55. The van der Waals surface area contributed by atoms with Crippen LogP contribution in [-0.4, -0.2) is 30.9 Å². The minimum absolute atomic E-state index is 0.220. The van der Waals surface area contributed by atoms with Gasteiger partial charge in [0.05, 0.1) is 0 Å². The van der Waals surface area contributed by atoms with Crippen LogP contribution in [0.15, 0.2) is 30.3 Å². The number of carbonyl (C=O) groups excluding carboxylic acids is 1. The van der Waals surface area contributed by atoms with Gasteiger partial charge in [-0.25, -0.2) is 4.79 Å². The van der Waals surface area contributed by atoms with E-state index >= 15 is 0 Å². The average molecular weight is 279 g/mol. The molecule has 0 saturated heterocycles. The van der Waals surface area contributed by atoms with E-state index in [4.69, 9.17) is 9.47 Å². The van der Waals surface area contributed by atoms with Crippen LogP contribution in [0.2, 0.25) is 0 Å². The summed E-state index contributed by atoms with van der Waals surface area (Å²) >= 11 is 0. The normalized spacial score (nSPS) is 11.9. The van der Waals surface area contributed by atoms with Gasteiger partial charge in [0.1, 0.15) is 12.0 Å². The molecule has 0 spiro atoms. The Morgan fingerprint density at radius 3 is 2.45 bits per heavy atom. The van der Waals surface area contributed by atoms with Crippen LogP contribution in [0.5, 0.6) is 5.75 Å². The number of methoxy groups -OCH3 is 1. The number of nitrogens with zero attached hydrogens (tertiary/aromatic N) is 1. The van der Waals surface area contributed by atoms with Crippen molar-refractivity contribution < 1.29 is 14.3 Å². The van der Waals surface area contributed by atoms with E-state index in [1.807, 2.05) is 18.2 Å². The molecule has 0 N–H and O–H groups in total. The lowest BCUT2D eigenvalue weighted by molar-refractivity contribution is -0.0246. The SMILES string of the molecule is CCCCN(C(=O)Oc1ccccc1)C(CCC)OC. The molecule has 1 aromatic rings. The maximum atomic E-state index is 12.3. The summed E-state index contributed by atoms with van der Waals surface area (Å²) in [5.41, 5.74) is 0. The predicted molar refractivity (Wildman–Crippen MR) is 79.8 cm³/mol. The Bertz CT molecular complexity index is 381. The Labute approximate surface area is 121 Å². The Balaban J connectivity index is 2.72. The largest absolute Gasteiger partial charge is 0.417 e. The molecule has 0 aliphatic carbocycles. The molecule has 0 radical (unpaired) electrons. The van der Waals surface area contributed by atoms with Gasteiger partial charge >= 0.3 is 6.09 Å². The highest BCUT2D eigenvalue weighted by atomic mass is 16.6. The first kappa shape index (κ1) is 16.5. The standard InChI is InChI=1S/C16H25NO3/c1-4-6-13-17(15(19-3)10-5-2)16(18)20-14-11-8-7-9-12-14/h7-9,11-12,15H,4-6,10,13H2,1-3H3. The number of rotatable bonds is 8. The Morgan fingerprint density at radius 2 is 1.90 bits per heavy atom. The number of amides is 1. The lowest BCUT2D eigenvalue weighted by Crippen LogP contribution is -2.43. The van der Waals surface area contributed by atoms with Gasteiger partial charge in [-0.2, -0.15) is 0 Å². The van der Waals surface area contributed by atoms with Crippen molar-refractivity contribution in [3.8, 4) is 5.75 Å². The molecule has 1 unspecified atom stereocenters. The van der Waals surface area contributed by atoms with Crippen molar-refractivity contribution >= 4 is 6.09 Å². The third-order valence-corrected chi connectivity index (χ3v) is 3.09. The van der Waals surface area contributed by atoms with E-state index in [-0.39, 0.29) is 12.3 Å². The van der Waals surface area contributed by atoms with E-state index in [1.54, 1.807) is 24.1 Å². The van der Waals surface area contributed by atoms with Gasteiger partial charge in [0.25, 0.3) is 0 Å². The highest BCUT2D eigenvalue weighted by molar-refractivity contribution is 5.70. The first-order valence-corrected chi connectivity index (χ1v) is 7.29. The quantitative estimate of drug-likeness (QED) is 0.674. The molecule has 112 valence electrons. The smallest absolute Gasteiger partial charge is 0.410 e. The topological polar surface area (TPSA) is 38.8 Å². The van der Waals surface area contributed by atoms with Gasteiger partial charge in [0.15, 0.2) is 0 Å². The van der Waals surface area contributed by atoms with Crippen molar-refractivity contribution in [3.05, 3.63) is 30.3 Å². The number of para-hydroxylation sites is 1. The van der Waals surface area contributed by atoms with Crippen LogP contribution in [-0.2, 0) is 4.74 Å². The third kappa shape index (κ3) is 5.21. The first-order chi connectivity index (χ1) is 9.72. The molecule has 0 aliphatic heterocycles. The molecule has 0 heterocycles. The summed E-state index contributed by atoms with van der Waals surface area (Å²) in [5.74, 6) is 0.561. The zero-order valence-corrected chi connectivity index (χ0v) is 12.7. The molecule has 1 rings (SSSR count). The summed E-state index contributed by atoms with van der Waals surface area (Å²) in [4.78, 5) is 14.0. The van der Waals surface area contributed by atoms with Gasteiger partial charge in [-0.1, -0.05) is 44.9 Å². The molecule has 4 nitrogen and oxygen atoms in total. The van der Waals surface area contributed by atoms with Crippen molar-refractivity contribution in [1.82, 2.24) is 4.90 Å². The van der Waals surface area contributed by atoms with Gasteiger partial charge in [-0.3, -0.25) is 4.90 Å². The molecule has 0 bridgehead atoms. The van der Waals surface area contributed by atoms with Crippen molar-refractivity contribution in [1.29, 1.82) is 0 Å². The predicted octanol–water partition coefficient (Wildman–Crippen LogP) is 4.06. The zero-order valence-electron chi connectivity index (χ0n) is 12.7. The second kappa shape index (κ2) is 9.37. The number of unbranched alkanes of at least 4 members (excludes halogenated alkanes) is 1. The number of ether oxygens (including phenoxy) is 2. The van der Waals surface area contributed by atoms with Crippen molar-refractivity contribution in [2.24, 2.45) is 0 Å². The molecule has 0 aliphatic rings. The van der Waals surface area contributed by atoms with Gasteiger partial charge in [0.2, 0.25) is 0 Å². The molecule has 0 aromatic heterocycles. The van der Waals surface area contributed by atoms with Crippen molar-refractivity contribution in [2.45, 2.75) is 45.8 Å². The summed E-state index contributed by atoms with van der Waals surface area (Å²) in [6.07, 6.45) is 3.17. The summed E-state index contributed by atoms with van der Waals surface area (Å²) in [6.45, 7) is 4.83. The molecular weight excluding hydrogens is 254 g/mol. The van der Waals surface area contributed by atoms with Crippen LogP contribution >= 0.6 is 0 Å². The minimum atomic E-state index is -0.343. The molecule has 1 amide bonds. The average Bonchev–Trinajstić information content (AvgIpc) is 2.47. The van der Waals surface area contributed by atoms with E-state index in [2.05, 4.69) is 13.8 Å². The monoisotopic (exact) mass is 279 g/mol. The van der Waals surface area contributed by atoms with Crippen molar-refractivity contribution in [2.75, 3.05) is 13.7 Å². The second-order valence-electron chi connectivity index (χ2n) is 4.71. The van der Waals surface area contributed by atoms with Gasteiger partial charge in [-0.05, 0) is 25.0 Å². The van der Waals surface area contributed by atoms with Crippen LogP contribution in [0.25, 0.3) is 0 Å². The molecule has 0 fully saturated rings. The molecular formula is C16H25NO3. The maximum Gasteiger partial charge on any atom is 0.417 e. The van der Waals surface area contributed by atoms with E-state index in [0.29, 0.717) is 12.3 Å².